The Bertz CT molecular complexity index is 1250. The average molecular weight is 651 g/mol. The van der Waals surface area contributed by atoms with Gasteiger partial charge in [-0.15, -0.1) is 13.2 Å². The zero-order chi connectivity index (χ0) is 33.5. The lowest BCUT2D eigenvalue weighted by atomic mass is 9.54. The zero-order valence-electron chi connectivity index (χ0n) is 28.3. The van der Waals surface area contributed by atoms with Crippen LogP contribution in [0.4, 0.5) is 4.79 Å². The van der Waals surface area contributed by atoms with Crippen molar-refractivity contribution in [1.82, 2.24) is 20.9 Å². The molecule has 4 bridgehead atoms. The molecule has 0 spiro atoms. The molecule has 1 aliphatic heterocycles. The van der Waals surface area contributed by atoms with Crippen LogP contribution in [0.1, 0.15) is 97.3 Å². The maximum absolute atomic E-state index is 14.6. The third kappa shape index (κ3) is 6.75. The Kier molecular flexibility index (Phi) is 9.60. The van der Waals surface area contributed by atoms with Gasteiger partial charge in [-0.25, -0.2) is 4.79 Å². The lowest BCUT2D eigenvalue weighted by molar-refractivity contribution is -0.145. The standard InChI is InChI=1S/C37H54N4O6/c1-5-7-13-27(31(42)33(44)38-14-6-2)39-32(43)30-28-26(36(28,3)4)21-41(30)34(45)29(25-11-9-8-10-12-25)40-35(46)47-37-18-22-15-23(19-37)17-24(16-22)20-37/h5-6,22-30H,1-2,7-21H2,3-4H3,(H,38,44)(H,39,43)(H,40,46). The number of nitrogens with zero attached hydrogens (tertiary/aromatic N) is 1. The van der Waals surface area contributed by atoms with Crippen molar-refractivity contribution in [2.45, 2.75) is 121 Å². The van der Waals surface area contributed by atoms with Crippen LogP contribution in [0.5, 0.6) is 0 Å². The minimum atomic E-state index is -1.05. The van der Waals surface area contributed by atoms with Gasteiger partial charge in [-0.3, -0.25) is 19.2 Å². The van der Waals surface area contributed by atoms with Crippen molar-refractivity contribution in [2.75, 3.05) is 13.1 Å². The minimum absolute atomic E-state index is 0.0377. The van der Waals surface area contributed by atoms with E-state index in [4.69, 9.17) is 4.74 Å². The molecule has 7 rings (SSSR count). The second-order valence-corrected chi connectivity index (χ2v) is 16.2. The van der Waals surface area contributed by atoms with Crippen LogP contribution in [0.25, 0.3) is 0 Å². The smallest absolute Gasteiger partial charge is 0.408 e. The number of piperidine rings is 1. The molecule has 0 aromatic carbocycles. The number of carbonyl (C=O) groups excluding carboxylic acids is 5. The molecule has 0 aromatic heterocycles. The third-order valence-corrected chi connectivity index (χ3v) is 12.6. The van der Waals surface area contributed by atoms with Crippen molar-refractivity contribution in [3.8, 4) is 0 Å². The number of hydrogen-bond donors (Lipinski definition) is 3. The molecule has 7 fully saturated rings. The molecular formula is C37H54N4O6. The zero-order valence-corrected chi connectivity index (χ0v) is 28.3. The summed E-state index contributed by atoms with van der Waals surface area (Å²) in [6, 6.07) is -2.63. The summed E-state index contributed by atoms with van der Waals surface area (Å²) in [7, 11) is 0. The van der Waals surface area contributed by atoms with Crippen molar-refractivity contribution in [3.05, 3.63) is 25.3 Å². The van der Waals surface area contributed by atoms with E-state index in [1.807, 2.05) is 0 Å². The first kappa shape index (κ1) is 33.7. The molecule has 1 heterocycles. The molecular weight excluding hydrogens is 596 g/mol. The number of rotatable bonds is 13. The van der Waals surface area contributed by atoms with Gasteiger partial charge in [-0.05, 0) is 105 Å². The van der Waals surface area contributed by atoms with E-state index in [0.717, 1.165) is 51.4 Å². The highest BCUT2D eigenvalue weighted by Gasteiger charge is 2.70. The fraction of sp³-hybridized carbons (Fsp3) is 0.757. The van der Waals surface area contributed by atoms with Crippen LogP contribution in [0.2, 0.25) is 0 Å². The summed E-state index contributed by atoms with van der Waals surface area (Å²) in [5.74, 6) is -0.329. The Hall–Kier alpha value is -3.17. The number of amides is 4. The van der Waals surface area contributed by atoms with Crippen molar-refractivity contribution >= 4 is 29.6 Å². The summed E-state index contributed by atoms with van der Waals surface area (Å²) >= 11 is 0. The number of likely N-dealkylation sites (tertiary alicyclic amines) is 1. The van der Waals surface area contributed by atoms with Crippen molar-refractivity contribution in [2.24, 2.45) is 40.9 Å². The maximum atomic E-state index is 14.6. The largest absolute Gasteiger partial charge is 0.443 e. The average Bonchev–Trinajstić information content (AvgIpc) is 3.34. The molecule has 3 N–H and O–H groups in total. The number of carbonyl (C=O) groups is 5. The van der Waals surface area contributed by atoms with E-state index >= 15 is 0 Å². The van der Waals surface area contributed by atoms with Gasteiger partial charge >= 0.3 is 6.09 Å². The van der Waals surface area contributed by atoms with Crippen molar-refractivity contribution in [3.63, 3.8) is 0 Å². The Morgan fingerprint density at radius 2 is 1.55 bits per heavy atom. The molecule has 5 atom stereocenters. The number of allylic oxidation sites excluding steroid dienone is 1. The molecule has 10 nitrogen and oxygen atoms in total. The summed E-state index contributed by atoms with van der Waals surface area (Å²) in [4.78, 5) is 69.6. The van der Waals surface area contributed by atoms with Gasteiger partial charge in [0.05, 0.1) is 6.04 Å². The predicted octanol–water partition coefficient (Wildman–Crippen LogP) is 4.44. The molecule has 6 aliphatic carbocycles. The molecule has 6 saturated carbocycles. The van der Waals surface area contributed by atoms with E-state index in [0.29, 0.717) is 30.7 Å². The molecule has 4 amide bonds. The third-order valence-electron chi connectivity index (χ3n) is 12.6. The van der Waals surface area contributed by atoms with Crippen LogP contribution in [-0.4, -0.2) is 71.3 Å². The lowest BCUT2D eigenvalue weighted by Gasteiger charge is -2.55. The van der Waals surface area contributed by atoms with E-state index in [1.54, 1.807) is 11.0 Å². The van der Waals surface area contributed by atoms with Gasteiger partial charge in [-0.1, -0.05) is 45.3 Å². The predicted molar refractivity (Wildman–Crippen MR) is 177 cm³/mol. The van der Waals surface area contributed by atoms with Crippen LogP contribution in [0, 0.1) is 40.9 Å². The van der Waals surface area contributed by atoms with Crippen LogP contribution in [0.3, 0.4) is 0 Å². The fourth-order valence-corrected chi connectivity index (χ4v) is 10.6. The monoisotopic (exact) mass is 650 g/mol. The van der Waals surface area contributed by atoms with Gasteiger partial charge in [0.15, 0.2) is 0 Å². The van der Waals surface area contributed by atoms with Gasteiger partial charge in [0.1, 0.15) is 17.7 Å². The first-order valence-corrected chi connectivity index (χ1v) is 18.1. The highest BCUT2D eigenvalue weighted by Crippen LogP contribution is 2.65. The van der Waals surface area contributed by atoms with E-state index in [1.165, 1.54) is 25.3 Å². The van der Waals surface area contributed by atoms with Crippen LogP contribution >= 0.6 is 0 Å². The van der Waals surface area contributed by atoms with E-state index in [-0.39, 0.29) is 42.0 Å². The van der Waals surface area contributed by atoms with E-state index in [2.05, 4.69) is 43.0 Å². The summed E-state index contributed by atoms with van der Waals surface area (Å²) in [6.45, 7) is 12.1. The number of alkyl carbamates (subject to hydrolysis) is 1. The molecule has 1 saturated heterocycles. The second-order valence-electron chi connectivity index (χ2n) is 16.2. The Balaban J connectivity index is 1.19. The number of hydrogen-bond acceptors (Lipinski definition) is 6. The van der Waals surface area contributed by atoms with Crippen LogP contribution in [0.15, 0.2) is 25.3 Å². The van der Waals surface area contributed by atoms with Crippen LogP contribution < -0.4 is 16.0 Å². The van der Waals surface area contributed by atoms with Gasteiger partial charge in [-0.2, -0.15) is 0 Å². The number of nitrogens with one attached hydrogen (secondary N) is 3. The first-order chi connectivity index (χ1) is 22.5. The van der Waals surface area contributed by atoms with E-state index < -0.39 is 47.4 Å². The molecule has 7 aliphatic rings. The van der Waals surface area contributed by atoms with Crippen molar-refractivity contribution in [1.29, 1.82) is 0 Å². The highest BCUT2D eigenvalue weighted by molar-refractivity contribution is 6.38. The van der Waals surface area contributed by atoms with Gasteiger partial charge in [0.25, 0.3) is 5.91 Å². The van der Waals surface area contributed by atoms with Gasteiger partial charge in [0.2, 0.25) is 17.6 Å². The molecule has 47 heavy (non-hydrogen) atoms. The molecule has 258 valence electrons. The molecule has 0 radical (unpaired) electrons. The minimum Gasteiger partial charge on any atom is -0.443 e. The summed E-state index contributed by atoms with van der Waals surface area (Å²) in [6.07, 6.45) is 14.5. The second kappa shape index (κ2) is 13.4. The lowest BCUT2D eigenvalue weighted by Crippen LogP contribution is -2.60. The van der Waals surface area contributed by atoms with Crippen molar-refractivity contribution < 1.29 is 28.7 Å². The normalized spacial score (nSPS) is 34.4. The quantitative estimate of drug-likeness (QED) is 0.200. The van der Waals surface area contributed by atoms with E-state index in [9.17, 15) is 24.0 Å². The van der Waals surface area contributed by atoms with Crippen LogP contribution in [-0.2, 0) is 23.9 Å². The summed E-state index contributed by atoms with van der Waals surface area (Å²) in [5.41, 5.74) is -0.572. The first-order valence-electron chi connectivity index (χ1n) is 18.1. The summed E-state index contributed by atoms with van der Waals surface area (Å²) in [5, 5.41) is 8.41. The Morgan fingerprint density at radius 1 is 0.915 bits per heavy atom. The van der Waals surface area contributed by atoms with Gasteiger partial charge in [0, 0.05) is 13.1 Å². The number of Topliss-reactive ketones (excluding diaryl/α,β-unsaturated/α-hetero) is 1. The SMILES string of the molecule is C=CCCC(NC(=O)C1C2C(CN1C(=O)C(NC(=O)OC13CC4CC(CC(C4)C1)C3)C1CCCCC1)C2(C)C)C(=O)C(=O)NCC=C. The molecule has 5 unspecified atom stereocenters. The maximum Gasteiger partial charge on any atom is 0.408 e. The Labute approximate surface area is 279 Å². The highest BCUT2D eigenvalue weighted by atomic mass is 16.6. The Morgan fingerprint density at radius 3 is 2.15 bits per heavy atom. The summed E-state index contributed by atoms with van der Waals surface area (Å²) < 4.78 is 6.30. The topological polar surface area (TPSA) is 134 Å². The fourth-order valence-electron chi connectivity index (χ4n) is 10.6. The van der Waals surface area contributed by atoms with Gasteiger partial charge < -0.3 is 25.6 Å². The number of fused-ring (bicyclic) bond motifs is 1. The number of ether oxygens (including phenoxy) is 1. The molecule has 0 aromatic rings. The molecule has 10 heteroatoms. The number of ketones is 1.